The van der Waals surface area contributed by atoms with Gasteiger partial charge in [0.1, 0.15) is 0 Å². The van der Waals surface area contributed by atoms with Gasteiger partial charge in [-0.3, -0.25) is 14.9 Å². The molecular weight excluding hydrogens is 222 g/mol. The number of hydrogen-bond acceptors (Lipinski definition) is 4. The average Bonchev–Trinajstić information content (AvgIpc) is 2.34. The summed E-state index contributed by atoms with van der Waals surface area (Å²) in [5.41, 5.74) is 0. The second-order valence-corrected chi connectivity index (χ2v) is 3.79. The number of rotatable bonds is 8. The van der Waals surface area contributed by atoms with Crippen molar-refractivity contribution in [3.8, 4) is 0 Å². The van der Waals surface area contributed by atoms with Gasteiger partial charge in [0.15, 0.2) is 0 Å². The highest BCUT2D eigenvalue weighted by Gasteiger charge is 2.14. The Morgan fingerprint density at radius 1 is 1.41 bits per heavy atom. The van der Waals surface area contributed by atoms with E-state index in [9.17, 15) is 9.59 Å². The fourth-order valence-corrected chi connectivity index (χ4v) is 1.07. The minimum absolute atomic E-state index is 0.0240. The number of carbonyl (C=O) groups excluding carboxylic acids is 2. The van der Waals surface area contributed by atoms with Crippen LogP contribution in [0.25, 0.3) is 0 Å². The van der Waals surface area contributed by atoms with Crippen molar-refractivity contribution in [3.63, 3.8) is 0 Å². The van der Waals surface area contributed by atoms with Gasteiger partial charge in [-0.2, -0.15) is 0 Å². The van der Waals surface area contributed by atoms with E-state index < -0.39 is 0 Å². The molecule has 0 radical (unpaired) electrons. The summed E-state index contributed by atoms with van der Waals surface area (Å²) in [6.07, 6.45) is 0. The Hall–Kier alpha value is -1.14. The quantitative estimate of drug-likeness (QED) is 0.550. The lowest BCUT2D eigenvalue weighted by Gasteiger charge is -2.17. The molecule has 0 rings (SSSR count). The highest BCUT2D eigenvalue weighted by molar-refractivity contribution is 5.83. The van der Waals surface area contributed by atoms with E-state index in [0.717, 1.165) is 0 Å². The predicted octanol–water partition coefficient (Wildman–Crippen LogP) is -0.795. The van der Waals surface area contributed by atoms with Gasteiger partial charge in [0.25, 0.3) is 0 Å². The van der Waals surface area contributed by atoms with Gasteiger partial charge < -0.3 is 15.0 Å². The molecular formula is C11H23N3O3. The van der Waals surface area contributed by atoms with Gasteiger partial charge in [-0.1, -0.05) is 0 Å². The van der Waals surface area contributed by atoms with Crippen molar-refractivity contribution in [3.05, 3.63) is 0 Å². The molecule has 0 aliphatic rings. The zero-order valence-electron chi connectivity index (χ0n) is 11.1. The minimum Gasteiger partial charge on any atom is -0.383 e. The number of ether oxygens (including phenoxy) is 1. The summed E-state index contributed by atoms with van der Waals surface area (Å²) < 4.78 is 4.82. The van der Waals surface area contributed by atoms with Crippen molar-refractivity contribution in [1.82, 2.24) is 15.5 Å². The number of amides is 2. The van der Waals surface area contributed by atoms with E-state index in [4.69, 9.17) is 4.74 Å². The van der Waals surface area contributed by atoms with E-state index in [2.05, 4.69) is 10.6 Å². The molecule has 0 fully saturated rings. The molecule has 0 saturated carbocycles. The summed E-state index contributed by atoms with van der Waals surface area (Å²) >= 11 is 0. The van der Waals surface area contributed by atoms with Crippen LogP contribution in [0.15, 0.2) is 0 Å². The van der Waals surface area contributed by atoms with E-state index in [1.54, 1.807) is 26.0 Å². The molecule has 0 aliphatic carbocycles. The highest BCUT2D eigenvalue weighted by Crippen LogP contribution is 1.85. The minimum atomic E-state index is -0.388. The number of nitrogens with zero attached hydrogens (tertiary/aromatic N) is 1. The van der Waals surface area contributed by atoms with Crippen LogP contribution in [0.3, 0.4) is 0 Å². The smallest absolute Gasteiger partial charge is 0.236 e. The molecule has 6 nitrogen and oxygen atoms in total. The van der Waals surface area contributed by atoms with Crippen molar-refractivity contribution < 1.29 is 14.3 Å². The Morgan fingerprint density at radius 3 is 2.59 bits per heavy atom. The average molecular weight is 245 g/mol. The topological polar surface area (TPSA) is 70.7 Å². The van der Waals surface area contributed by atoms with Crippen LogP contribution in [0.4, 0.5) is 0 Å². The van der Waals surface area contributed by atoms with Gasteiger partial charge in [0.05, 0.1) is 19.2 Å². The summed E-state index contributed by atoms with van der Waals surface area (Å²) in [6, 6.07) is -0.388. The first-order valence-electron chi connectivity index (χ1n) is 5.76. The zero-order chi connectivity index (χ0) is 13.3. The second kappa shape index (κ2) is 8.95. The van der Waals surface area contributed by atoms with Crippen molar-refractivity contribution in [2.45, 2.75) is 19.9 Å². The molecule has 0 heterocycles. The normalized spacial score (nSPS) is 12.0. The van der Waals surface area contributed by atoms with Gasteiger partial charge in [0, 0.05) is 27.2 Å². The van der Waals surface area contributed by atoms with Crippen LogP contribution in [-0.4, -0.2) is 63.2 Å². The molecule has 0 bridgehead atoms. The molecule has 0 aromatic carbocycles. The molecule has 6 heteroatoms. The number of likely N-dealkylation sites (N-methyl/N-ethyl adjacent to an activating group) is 1. The third-order valence-corrected chi connectivity index (χ3v) is 2.46. The van der Waals surface area contributed by atoms with Crippen LogP contribution in [-0.2, 0) is 14.3 Å². The fraction of sp³-hybridized carbons (Fsp3) is 0.818. The summed E-state index contributed by atoms with van der Waals surface area (Å²) in [7, 11) is 3.31. The van der Waals surface area contributed by atoms with Crippen LogP contribution in [0, 0.1) is 0 Å². The first kappa shape index (κ1) is 15.9. The summed E-state index contributed by atoms with van der Waals surface area (Å²) in [4.78, 5) is 24.6. The van der Waals surface area contributed by atoms with Crippen LogP contribution in [0.1, 0.15) is 13.8 Å². The van der Waals surface area contributed by atoms with E-state index in [1.165, 1.54) is 0 Å². The SMILES string of the molecule is CCN(C)C(=O)CNC(C)C(=O)NCCOC. The molecule has 0 spiro atoms. The molecule has 100 valence electrons. The number of carbonyl (C=O) groups is 2. The summed E-state index contributed by atoms with van der Waals surface area (Å²) in [5.74, 6) is -0.155. The zero-order valence-corrected chi connectivity index (χ0v) is 11.1. The molecule has 0 aromatic rings. The maximum Gasteiger partial charge on any atom is 0.236 e. The van der Waals surface area contributed by atoms with Crippen molar-refractivity contribution in [2.75, 3.05) is 40.4 Å². The summed E-state index contributed by atoms with van der Waals surface area (Å²) in [5, 5.41) is 5.58. The third-order valence-electron chi connectivity index (χ3n) is 2.46. The Morgan fingerprint density at radius 2 is 2.06 bits per heavy atom. The molecule has 2 amide bonds. The summed E-state index contributed by atoms with van der Waals surface area (Å²) in [6.45, 7) is 5.42. The molecule has 0 saturated heterocycles. The molecule has 1 atom stereocenters. The van der Waals surface area contributed by atoms with Gasteiger partial charge in [-0.05, 0) is 13.8 Å². The van der Waals surface area contributed by atoms with Crippen LogP contribution >= 0.6 is 0 Å². The Kier molecular flexibility index (Phi) is 8.35. The second-order valence-electron chi connectivity index (χ2n) is 3.79. The molecule has 1 unspecified atom stereocenters. The van der Waals surface area contributed by atoms with Crippen LogP contribution < -0.4 is 10.6 Å². The standard InChI is InChI=1S/C11H23N3O3/c1-5-14(3)10(15)8-13-9(2)11(16)12-6-7-17-4/h9,13H,5-8H2,1-4H3,(H,12,16). The van der Waals surface area contributed by atoms with Gasteiger partial charge in [-0.25, -0.2) is 0 Å². The Labute approximate surface area is 103 Å². The van der Waals surface area contributed by atoms with E-state index in [0.29, 0.717) is 19.7 Å². The first-order valence-corrected chi connectivity index (χ1v) is 5.76. The predicted molar refractivity (Wildman–Crippen MR) is 65.7 cm³/mol. The first-order chi connectivity index (χ1) is 8.02. The number of hydrogen-bond donors (Lipinski definition) is 2. The van der Waals surface area contributed by atoms with Crippen LogP contribution in [0.5, 0.6) is 0 Å². The lowest BCUT2D eigenvalue weighted by atomic mass is 10.3. The van der Waals surface area contributed by atoms with E-state index in [1.807, 2.05) is 6.92 Å². The van der Waals surface area contributed by atoms with Crippen molar-refractivity contribution in [1.29, 1.82) is 0 Å². The largest absolute Gasteiger partial charge is 0.383 e. The lowest BCUT2D eigenvalue weighted by Crippen LogP contribution is -2.46. The molecule has 0 aliphatic heterocycles. The molecule has 2 N–H and O–H groups in total. The Balaban J connectivity index is 3.81. The van der Waals surface area contributed by atoms with Crippen molar-refractivity contribution in [2.24, 2.45) is 0 Å². The van der Waals surface area contributed by atoms with Crippen molar-refractivity contribution >= 4 is 11.8 Å². The van der Waals surface area contributed by atoms with Gasteiger partial charge >= 0.3 is 0 Å². The number of nitrogens with one attached hydrogen (secondary N) is 2. The van der Waals surface area contributed by atoms with Gasteiger partial charge in [-0.15, -0.1) is 0 Å². The van der Waals surface area contributed by atoms with Crippen LogP contribution in [0.2, 0.25) is 0 Å². The fourth-order valence-electron chi connectivity index (χ4n) is 1.07. The Bertz CT molecular complexity index is 246. The molecule has 17 heavy (non-hydrogen) atoms. The molecule has 0 aromatic heterocycles. The van der Waals surface area contributed by atoms with Gasteiger partial charge in [0.2, 0.25) is 11.8 Å². The highest BCUT2D eigenvalue weighted by atomic mass is 16.5. The third kappa shape index (κ3) is 6.91. The maximum atomic E-state index is 11.5. The number of methoxy groups -OCH3 is 1. The van der Waals surface area contributed by atoms with E-state index in [-0.39, 0.29) is 24.4 Å². The lowest BCUT2D eigenvalue weighted by molar-refractivity contribution is -0.129. The monoisotopic (exact) mass is 245 g/mol. The van der Waals surface area contributed by atoms with E-state index >= 15 is 0 Å². The maximum absolute atomic E-state index is 11.5.